The van der Waals surface area contributed by atoms with E-state index in [1.54, 1.807) is 42.1 Å². The van der Waals surface area contributed by atoms with Crippen molar-refractivity contribution in [2.45, 2.75) is 33.4 Å². The van der Waals surface area contributed by atoms with Crippen molar-refractivity contribution in [2.24, 2.45) is 5.73 Å². The number of rotatable bonds is 9. The van der Waals surface area contributed by atoms with Crippen molar-refractivity contribution in [3.8, 4) is 16.9 Å². The number of nitrogens with zero attached hydrogens (tertiary/aromatic N) is 3. The third-order valence-corrected chi connectivity index (χ3v) is 7.96. The maximum Gasteiger partial charge on any atom is 0.291 e. The Balaban J connectivity index is 1.51. The van der Waals surface area contributed by atoms with Crippen molar-refractivity contribution in [3.63, 3.8) is 0 Å². The Bertz CT molecular complexity index is 1800. The fourth-order valence-corrected chi connectivity index (χ4v) is 5.91. The van der Waals surface area contributed by atoms with Crippen LogP contribution in [0, 0.1) is 6.92 Å². The fourth-order valence-electron chi connectivity index (χ4n) is 4.17. The number of hydrogen-bond acceptors (Lipinski definition) is 7. The molecule has 0 saturated carbocycles. The third-order valence-electron chi connectivity index (χ3n) is 6.08. The van der Waals surface area contributed by atoms with Crippen LogP contribution in [-0.2, 0) is 13.2 Å². The molecule has 0 atom stereocenters. The highest BCUT2D eigenvalue weighted by atomic mass is 79.9. The third kappa shape index (κ3) is 5.83. The maximum absolute atomic E-state index is 13.8. The summed E-state index contributed by atoms with van der Waals surface area (Å²) in [5.74, 6) is -0.850. The van der Waals surface area contributed by atoms with Crippen LogP contribution in [0.5, 0.6) is 5.75 Å². The average Bonchev–Trinajstić information content (AvgIpc) is 3.65. The molecule has 5 rings (SSSR count). The Morgan fingerprint density at radius 3 is 2.68 bits per heavy atom. The molecule has 1 aromatic carbocycles. The Hall–Kier alpha value is -3.81. The van der Waals surface area contributed by atoms with Crippen LogP contribution in [0.25, 0.3) is 21.3 Å². The predicted octanol–water partition coefficient (Wildman–Crippen LogP) is 7.36. The number of benzene rings is 1. The number of primary amides is 1. The first-order chi connectivity index (χ1) is 19.5. The van der Waals surface area contributed by atoms with E-state index in [0.717, 1.165) is 15.8 Å². The minimum Gasteiger partial charge on any atom is -0.484 e. The highest BCUT2D eigenvalue weighted by Gasteiger charge is 2.27. The van der Waals surface area contributed by atoms with Gasteiger partial charge in [-0.1, -0.05) is 27.5 Å². The predicted molar refractivity (Wildman–Crippen MR) is 155 cm³/mol. The number of aromatic nitrogens is 3. The molecule has 0 bridgehead atoms. The Labute approximate surface area is 249 Å². The number of carbonyl (C=O) groups is 2. The SMILES string of the molecule is CCn1cc(-c2cc(C(F)F)nc3sc(C(N)=O)c(NC(=O)c4ccc(COc5ccc(Br)cc5Cl)o4)c23)c(C)n1. The van der Waals surface area contributed by atoms with E-state index < -0.39 is 23.9 Å². The van der Waals surface area contributed by atoms with E-state index in [1.807, 2.05) is 6.92 Å². The molecule has 4 heterocycles. The lowest BCUT2D eigenvalue weighted by atomic mass is 10.0. The van der Waals surface area contributed by atoms with Crippen LogP contribution in [0.15, 0.2) is 51.5 Å². The Morgan fingerprint density at radius 1 is 1.24 bits per heavy atom. The van der Waals surface area contributed by atoms with Gasteiger partial charge in [0.1, 0.15) is 33.5 Å². The van der Waals surface area contributed by atoms with Gasteiger partial charge in [-0.05, 0) is 55.8 Å². The van der Waals surface area contributed by atoms with Crippen LogP contribution in [0.2, 0.25) is 5.02 Å². The molecule has 0 radical (unpaired) electrons. The zero-order valence-corrected chi connectivity index (χ0v) is 24.7. The number of thiophene rings is 1. The van der Waals surface area contributed by atoms with Crippen molar-refractivity contribution in [1.82, 2.24) is 14.8 Å². The van der Waals surface area contributed by atoms with Gasteiger partial charge in [0.2, 0.25) is 0 Å². The molecule has 0 spiro atoms. The van der Waals surface area contributed by atoms with Gasteiger partial charge >= 0.3 is 0 Å². The summed E-state index contributed by atoms with van der Waals surface area (Å²) in [5, 5.41) is 7.79. The van der Waals surface area contributed by atoms with Gasteiger partial charge in [-0.2, -0.15) is 5.10 Å². The van der Waals surface area contributed by atoms with Gasteiger partial charge in [0, 0.05) is 28.2 Å². The van der Waals surface area contributed by atoms with Gasteiger partial charge < -0.3 is 20.2 Å². The quantitative estimate of drug-likeness (QED) is 0.170. The van der Waals surface area contributed by atoms with Crippen molar-refractivity contribution < 1.29 is 27.5 Å². The largest absolute Gasteiger partial charge is 0.484 e. The van der Waals surface area contributed by atoms with Crippen LogP contribution in [0.3, 0.4) is 0 Å². The summed E-state index contributed by atoms with van der Waals surface area (Å²) >= 11 is 10.3. The highest BCUT2D eigenvalue weighted by Crippen LogP contribution is 2.43. The molecule has 0 aliphatic rings. The molecular formula is C27H21BrClF2N5O4S. The number of halogens is 4. The van der Waals surface area contributed by atoms with E-state index in [1.165, 1.54) is 12.1 Å². The van der Waals surface area contributed by atoms with Gasteiger partial charge in [-0.3, -0.25) is 14.3 Å². The number of ether oxygens (including phenoxy) is 1. The number of pyridine rings is 1. The molecule has 0 saturated heterocycles. The summed E-state index contributed by atoms with van der Waals surface area (Å²) in [5.41, 5.74) is 6.66. The van der Waals surface area contributed by atoms with Gasteiger partial charge in [0.25, 0.3) is 18.2 Å². The number of carbonyl (C=O) groups excluding carboxylic acids is 2. The first-order valence-electron chi connectivity index (χ1n) is 12.1. The molecule has 2 amide bonds. The van der Waals surface area contributed by atoms with Crippen LogP contribution in [0.1, 0.15) is 50.7 Å². The molecule has 212 valence electrons. The first kappa shape index (κ1) is 28.7. The van der Waals surface area contributed by atoms with Gasteiger partial charge in [-0.15, -0.1) is 11.3 Å². The highest BCUT2D eigenvalue weighted by molar-refractivity contribution is 9.10. The molecule has 9 nitrogen and oxygen atoms in total. The summed E-state index contributed by atoms with van der Waals surface area (Å²) in [7, 11) is 0. The molecular weight excluding hydrogens is 644 g/mol. The molecule has 0 fully saturated rings. The second-order valence-corrected chi connectivity index (χ2v) is 11.1. The second kappa shape index (κ2) is 11.6. The molecule has 5 aromatic rings. The summed E-state index contributed by atoms with van der Waals surface area (Å²) in [4.78, 5) is 29.8. The van der Waals surface area contributed by atoms with Crippen LogP contribution in [0.4, 0.5) is 14.5 Å². The lowest BCUT2D eigenvalue weighted by Gasteiger charge is -2.10. The maximum atomic E-state index is 13.8. The van der Waals surface area contributed by atoms with Crippen LogP contribution >= 0.6 is 38.9 Å². The normalized spacial score (nSPS) is 11.4. The number of furan rings is 1. The Kier molecular flexibility index (Phi) is 8.11. The number of nitrogens with two attached hydrogens (primary N) is 1. The molecule has 14 heteroatoms. The minimum atomic E-state index is -2.87. The van der Waals surface area contributed by atoms with E-state index in [0.29, 0.717) is 45.3 Å². The lowest BCUT2D eigenvalue weighted by Crippen LogP contribution is -2.16. The van der Waals surface area contributed by atoms with E-state index >= 15 is 0 Å². The number of hydrogen-bond donors (Lipinski definition) is 2. The van der Waals surface area contributed by atoms with Crippen molar-refractivity contribution >= 4 is 66.6 Å². The molecule has 0 unspecified atom stereocenters. The smallest absolute Gasteiger partial charge is 0.291 e. The zero-order chi connectivity index (χ0) is 29.4. The zero-order valence-electron chi connectivity index (χ0n) is 21.5. The topological polar surface area (TPSA) is 125 Å². The van der Waals surface area contributed by atoms with Crippen LogP contribution in [-0.4, -0.2) is 26.6 Å². The average molecular weight is 665 g/mol. The number of aryl methyl sites for hydroxylation is 2. The Morgan fingerprint density at radius 2 is 2.02 bits per heavy atom. The fraction of sp³-hybridized carbons (Fsp3) is 0.185. The number of fused-ring (bicyclic) bond motifs is 1. The monoisotopic (exact) mass is 663 g/mol. The first-order valence-corrected chi connectivity index (χ1v) is 14.1. The van der Waals surface area contributed by atoms with Gasteiger partial charge in [0.05, 0.1) is 16.4 Å². The molecule has 0 aliphatic heterocycles. The molecule has 4 aromatic heterocycles. The van der Waals surface area contributed by atoms with E-state index in [2.05, 4.69) is 31.3 Å². The molecule has 3 N–H and O–H groups in total. The van der Waals surface area contributed by atoms with Crippen molar-refractivity contribution in [3.05, 3.63) is 79.9 Å². The lowest BCUT2D eigenvalue weighted by molar-refractivity contribution is 0.0992. The summed E-state index contributed by atoms with van der Waals surface area (Å²) in [6, 6.07) is 9.38. The number of anilines is 1. The minimum absolute atomic E-state index is 0.00623. The number of amides is 2. The van der Waals surface area contributed by atoms with Crippen molar-refractivity contribution in [1.29, 1.82) is 0 Å². The molecule has 0 aliphatic carbocycles. The van der Waals surface area contributed by atoms with Crippen LogP contribution < -0.4 is 15.8 Å². The summed E-state index contributed by atoms with van der Waals surface area (Å²) in [6.07, 6.45) is -1.16. The summed E-state index contributed by atoms with van der Waals surface area (Å²) in [6.45, 7) is 4.17. The number of alkyl halides is 2. The summed E-state index contributed by atoms with van der Waals surface area (Å²) < 4.78 is 41.4. The number of nitrogens with one attached hydrogen (secondary N) is 1. The van der Waals surface area contributed by atoms with E-state index in [9.17, 15) is 18.4 Å². The molecule has 41 heavy (non-hydrogen) atoms. The van der Waals surface area contributed by atoms with Gasteiger partial charge in [0.15, 0.2) is 5.76 Å². The standard InChI is InChI=1S/C27H21BrClF2N5O4S/c1-3-36-10-16(12(2)35-36)15-9-18(24(30)31)33-27-21(15)22(23(41-27)25(32)37)34-26(38)20-7-5-14(40-20)11-39-19-6-4-13(28)8-17(19)29/h4-10,24H,3,11H2,1-2H3,(H2,32,37)(H,34,38). The van der Waals surface area contributed by atoms with E-state index in [-0.39, 0.29) is 27.8 Å². The van der Waals surface area contributed by atoms with E-state index in [4.69, 9.17) is 26.5 Å². The second-order valence-electron chi connectivity index (χ2n) is 8.81. The van der Waals surface area contributed by atoms with Crippen molar-refractivity contribution in [2.75, 3.05) is 5.32 Å². The van der Waals surface area contributed by atoms with Gasteiger partial charge in [-0.25, -0.2) is 13.8 Å².